The summed E-state index contributed by atoms with van der Waals surface area (Å²) in [5.41, 5.74) is 6.02. The molecule has 0 aliphatic rings. The predicted octanol–water partition coefficient (Wildman–Crippen LogP) is 6.15. The molecule has 1 heterocycles. The lowest BCUT2D eigenvalue weighted by Gasteiger charge is -2.25. The zero-order valence-corrected chi connectivity index (χ0v) is 24.5. The van der Waals surface area contributed by atoms with Gasteiger partial charge in [-0.1, -0.05) is 53.5 Å². The van der Waals surface area contributed by atoms with Gasteiger partial charge in [0.05, 0.1) is 23.4 Å². The zero-order valence-electron chi connectivity index (χ0n) is 22.1. The van der Waals surface area contributed by atoms with E-state index >= 15 is 0 Å². The summed E-state index contributed by atoms with van der Waals surface area (Å²) in [4.78, 5) is 13.1. The second kappa shape index (κ2) is 12.6. The Hall–Kier alpha value is -3.79. The Kier molecular flexibility index (Phi) is 9.19. The van der Waals surface area contributed by atoms with Crippen molar-refractivity contribution in [3.63, 3.8) is 0 Å². The lowest BCUT2D eigenvalue weighted by Crippen LogP contribution is -2.39. The van der Waals surface area contributed by atoms with Gasteiger partial charge < -0.3 is 9.30 Å². The molecule has 0 aliphatic heterocycles. The Morgan fingerprint density at radius 3 is 2.33 bits per heavy atom. The van der Waals surface area contributed by atoms with Crippen LogP contribution in [0.25, 0.3) is 5.69 Å². The second-order valence-electron chi connectivity index (χ2n) is 8.81. The Bertz CT molecular complexity index is 1630. The van der Waals surface area contributed by atoms with Gasteiger partial charge in [0, 0.05) is 32.7 Å². The van der Waals surface area contributed by atoms with Gasteiger partial charge in [-0.05, 0) is 69.3 Å². The highest BCUT2D eigenvalue weighted by atomic mass is 35.5. The molecule has 1 N–H and O–H groups in total. The van der Waals surface area contributed by atoms with E-state index in [2.05, 4.69) is 10.5 Å². The third-order valence-corrected chi connectivity index (χ3v) is 8.23. The lowest BCUT2D eigenvalue weighted by molar-refractivity contribution is -0.119. The van der Waals surface area contributed by atoms with Crippen LogP contribution in [0.1, 0.15) is 23.9 Å². The number of aryl methyl sites for hydroxylation is 1. The molecule has 0 saturated carbocycles. The van der Waals surface area contributed by atoms with E-state index in [4.69, 9.17) is 27.9 Å². The number of anilines is 1. The lowest BCUT2D eigenvalue weighted by atomic mass is 10.2. The van der Waals surface area contributed by atoms with Gasteiger partial charge in [0.1, 0.15) is 12.3 Å². The minimum absolute atomic E-state index is 0.0474. The molecule has 0 unspecified atom stereocenters. The maximum atomic E-state index is 13.6. The van der Waals surface area contributed by atoms with Crippen LogP contribution in [0.3, 0.4) is 0 Å². The van der Waals surface area contributed by atoms with E-state index in [9.17, 15) is 13.2 Å². The summed E-state index contributed by atoms with van der Waals surface area (Å²) in [6.07, 6.45) is 1.51. The Morgan fingerprint density at radius 1 is 1.00 bits per heavy atom. The number of rotatable bonds is 10. The molecule has 0 atom stereocenters. The molecule has 11 heteroatoms. The summed E-state index contributed by atoms with van der Waals surface area (Å²) >= 11 is 12.4. The first-order valence-corrected chi connectivity index (χ1v) is 14.6. The highest BCUT2D eigenvalue weighted by Gasteiger charge is 2.29. The molecule has 0 spiro atoms. The number of nitrogens with one attached hydrogen (secondary N) is 1. The average Bonchev–Trinajstić information content (AvgIpc) is 3.20. The van der Waals surface area contributed by atoms with Crippen molar-refractivity contribution in [2.45, 2.75) is 25.7 Å². The van der Waals surface area contributed by atoms with Crippen molar-refractivity contribution in [1.82, 2.24) is 9.99 Å². The zero-order chi connectivity index (χ0) is 28.9. The summed E-state index contributed by atoms with van der Waals surface area (Å²) in [6, 6.07) is 21.8. The Morgan fingerprint density at radius 2 is 1.65 bits per heavy atom. The number of sulfonamides is 1. The number of hydrazone groups is 1. The number of nitrogens with zero attached hydrogens (tertiary/aromatic N) is 3. The van der Waals surface area contributed by atoms with E-state index in [0.717, 1.165) is 26.9 Å². The molecular formula is C29H28Cl2N4O4S. The van der Waals surface area contributed by atoms with Crippen molar-refractivity contribution >= 4 is 51.0 Å². The minimum atomic E-state index is -4.10. The number of halogens is 2. The molecule has 8 nitrogen and oxygen atoms in total. The van der Waals surface area contributed by atoms with Crippen molar-refractivity contribution in [2.75, 3.05) is 17.5 Å². The van der Waals surface area contributed by atoms with Crippen LogP contribution in [0.4, 0.5) is 5.69 Å². The van der Waals surface area contributed by atoms with Gasteiger partial charge in [0.15, 0.2) is 0 Å². The monoisotopic (exact) mass is 598 g/mol. The van der Waals surface area contributed by atoms with E-state index in [1.165, 1.54) is 18.3 Å². The van der Waals surface area contributed by atoms with Crippen LogP contribution in [0.2, 0.25) is 10.0 Å². The van der Waals surface area contributed by atoms with Gasteiger partial charge >= 0.3 is 0 Å². The van der Waals surface area contributed by atoms with Crippen LogP contribution in [-0.4, -0.2) is 38.3 Å². The van der Waals surface area contributed by atoms with Gasteiger partial charge in [-0.2, -0.15) is 5.10 Å². The summed E-state index contributed by atoms with van der Waals surface area (Å²) in [6.45, 7) is 5.45. The molecule has 4 rings (SSSR count). The molecule has 4 aromatic rings. The van der Waals surface area contributed by atoms with Crippen molar-refractivity contribution < 1.29 is 17.9 Å². The maximum Gasteiger partial charge on any atom is 0.264 e. The highest BCUT2D eigenvalue weighted by Crippen LogP contribution is 2.32. The average molecular weight is 600 g/mol. The molecule has 1 amide bonds. The number of para-hydroxylation sites is 2. The van der Waals surface area contributed by atoms with Crippen LogP contribution >= 0.6 is 23.2 Å². The summed E-state index contributed by atoms with van der Waals surface area (Å²) in [5.74, 6) is -0.285. The van der Waals surface area contributed by atoms with Crippen molar-refractivity contribution in [2.24, 2.45) is 5.10 Å². The molecule has 1 aromatic heterocycles. The van der Waals surface area contributed by atoms with E-state index in [1.54, 1.807) is 67.6 Å². The van der Waals surface area contributed by atoms with E-state index in [0.29, 0.717) is 22.4 Å². The fourth-order valence-electron chi connectivity index (χ4n) is 4.28. The molecule has 208 valence electrons. The summed E-state index contributed by atoms with van der Waals surface area (Å²) in [5, 5.41) is 5.13. The van der Waals surface area contributed by atoms with Crippen molar-refractivity contribution in [3.05, 3.63) is 106 Å². The molecule has 0 bridgehead atoms. The third-order valence-electron chi connectivity index (χ3n) is 6.02. The van der Waals surface area contributed by atoms with Crippen molar-refractivity contribution in [1.29, 1.82) is 0 Å². The number of hydrogen-bond donors (Lipinski definition) is 1. The summed E-state index contributed by atoms with van der Waals surface area (Å²) < 4.78 is 35.9. The minimum Gasteiger partial charge on any atom is -0.492 e. The van der Waals surface area contributed by atoms with Gasteiger partial charge in [-0.15, -0.1) is 0 Å². The SMILES string of the molecule is CCOc1ccccc1N(CC(=O)N/N=C/c1cc(C)n(-c2cc(Cl)cc(Cl)c2)c1C)S(=O)(=O)c1ccccc1. The van der Waals surface area contributed by atoms with Crippen LogP contribution in [0.15, 0.2) is 88.9 Å². The fraction of sp³-hybridized carbons (Fsp3) is 0.172. The second-order valence-corrected chi connectivity index (χ2v) is 11.5. The number of carbonyl (C=O) groups excluding carboxylic acids is 1. The number of aromatic nitrogens is 1. The first-order chi connectivity index (χ1) is 19.1. The molecule has 0 fully saturated rings. The number of amides is 1. The van der Waals surface area contributed by atoms with Crippen LogP contribution < -0.4 is 14.5 Å². The van der Waals surface area contributed by atoms with Gasteiger partial charge in [-0.25, -0.2) is 13.8 Å². The molecule has 40 heavy (non-hydrogen) atoms. The molecule has 0 aliphatic carbocycles. The van der Waals surface area contributed by atoms with E-state index in [-0.39, 0.29) is 10.6 Å². The van der Waals surface area contributed by atoms with E-state index < -0.39 is 22.5 Å². The molecule has 0 saturated heterocycles. The standard InChI is InChI=1S/C29H28Cl2N4O4S/c1-4-39-28-13-9-8-12-27(28)34(40(37,38)26-10-6-5-7-11-26)19-29(36)33-32-18-22-14-20(2)35(21(22)3)25-16-23(30)15-24(31)17-25/h5-18H,4,19H2,1-3H3,(H,33,36)/b32-18+. The summed E-state index contributed by atoms with van der Waals surface area (Å²) in [7, 11) is -4.10. The topological polar surface area (TPSA) is 93.0 Å². The first kappa shape index (κ1) is 29.2. The third kappa shape index (κ3) is 6.50. The van der Waals surface area contributed by atoms with Crippen LogP contribution in [0.5, 0.6) is 5.75 Å². The molecule has 3 aromatic carbocycles. The normalized spacial score (nSPS) is 11.5. The predicted molar refractivity (Wildman–Crippen MR) is 160 cm³/mol. The fourth-order valence-corrected chi connectivity index (χ4v) is 6.25. The maximum absolute atomic E-state index is 13.6. The molecular weight excluding hydrogens is 571 g/mol. The van der Waals surface area contributed by atoms with Crippen molar-refractivity contribution in [3.8, 4) is 11.4 Å². The first-order valence-electron chi connectivity index (χ1n) is 12.4. The Balaban J connectivity index is 1.59. The van der Waals surface area contributed by atoms with Gasteiger partial charge in [-0.3, -0.25) is 9.10 Å². The van der Waals surface area contributed by atoms with Crippen LogP contribution in [0, 0.1) is 13.8 Å². The smallest absolute Gasteiger partial charge is 0.264 e. The van der Waals surface area contributed by atoms with Gasteiger partial charge in [0.2, 0.25) is 0 Å². The number of hydrogen-bond acceptors (Lipinski definition) is 5. The quantitative estimate of drug-likeness (QED) is 0.175. The number of ether oxygens (including phenoxy) is 1. The Labute approximate surface area is 243 Å². The van der Waals surface area contributed by atoms with Crippen LogP contribution in [-0.2, 0) is 14.8 Å². The highest BCUT2D eigenvalue weighted by molar-refractivity contribution is 7.92. The molecule has 0 radical (unpaired) electrons. The van der Waals surface area contributed by atoms with Gasteiger partial charge in [0.25, 0.3) is 15.9 Å². The number of benzene rings is 3. The van der Waals surface area contributed by atoms with E-state index in [1.807, 2.05) is 24.5 Å². The number of carbonyl (C=O) groups is 1. The largest absolute Gasteiger partial charge is 0.492 e.